The van der Waals surface area contributed by atoms with E-state index in [4.69, 9.17) is 0 Å². The number of Topliss-reactive ketones (excluding diaryl/α,β-unsaturated/α-hetero) is 1. The van der Waals surface area contributed by atoms with Crippen molar-refractivity contribution in [3.63, 3.8) is 0 Å². The molecule has 0 fully saturated rings. The molecule has 1 aliphatic rings. The molecule has 2 N–H and O–H groups in total. The van der Waals surface area contributed by atoms with Crippen molar-refractivity contribution in [2.45, 2.75) is 20.8 Å². The maximum Gasteiger partial charge on any atom is 0.283 e. The minimum absolute atomic E-state index is 0.259. The molecule has 0 saturated heterocycles. The van der Waals surface area contributed by atoms with Gasteiger partial charge < -0.3 is 5.11 Å². The molecule has 0 saturated carbocycles. The minimum Gasteiger partial charge on any atom is -0.863 e. The summed E-state index contributed by atoms with van der Waals surface area (Å²) in [6.45, 7) is 5.85. The third kappa shape index (κ3) is 6.54. The smallest absolute Gasteiger partial charge is 0.283 e. The Balaban J connectivity index is 0.000000234. The van der Waals surface area contributed by atoms with Gasteiger partial charge in [-0.2, -0.15) is 4.99 Å². The molecule has 1 aliphatic heterocycles. The minimum atomic E-state index is -1.46. The fourth-order valence-electron chi connectivity index (χ4n) is 2.39. The van der Waals surface area contributed by atoms with Crippen LogP contribution < -0.4 is 10.4 Å². The molecule has 2 aromatic rings. The standard InChI is InChI=1S/C13H16N2OS.C6H3N3O7/c1-13(2,3)11(16)8-17-12-14-9-6-4-5-7-10(9)15-12;10-6-4(8(13)14)1-3(7(11)12)2-5(6)9(15)16/h4-7H,8H2,1-3H3,(H,14,15);1-2,10H. The van der Waals surface area contributed by atoms with Crippen LogP contribution in [0.4, 0.5) is 28.4 Å². The Labute approximate surface area is 191 Å². The second-order valence-electron chi connectivity index (χ2n) is 7.70. The number of carbonyl (C=O) groups is 1. The molecule has 174 valence electrons. The van der Waals surface area contributed by atoms with Crippen LogP contribution in [0.1, 0.15) is 20.8 Å². The average Bonchev–Trinajstić information content (AvgIpc) is 3.14. The Bertz CT molecular complexity index is 1120. The fourth-order valence-corrected chi connectivity index (χ4v) is 3.47. The lowest BCUT2D eigenvalue weighted by Crippen LogP contribution is -2.79. The van der Waals surface area contributed by atoms with Crippen molar-refractivity contribution >= 4 is 51.1 Å². The fraction of sp³-hybridized carbons (Fsp3) is 0.263. The monoisotopic (exact) mass is 477 g/mol. The van der Waals surface area contributed by atoms with E-state index in [-0.39, 0.29) is 11.2 Å². The van der Waals surface area contributed by atoms with Crippen LogP contribution in [0.15, 0.2) is 41.4 Å². The molecule has 0 aliphatic carbocycles. The van der Waals surface area contributed by atoms with Gasteiger partial charge in [-0.1, -0.05) is 32.9 Å². The number of ketones is 1. The Morgan fingerprint density at radius 1 is 1.00 bits per heavy atom. The molecular formula is C19H19N5O8S. The number of quaternary nitrogens is 1. The number of rotatable bonds is 5. The van der Waals surface area contributed by atoms with Gasteiger partial charge in [0.25, 0.3) is 22.2 Å². The number of non-ortho nitro benzene ring substituents is 1. The first-order valence-electron chi connectivity index (χ1n) is 9.28. The van der Waals surface area contributed by atoms with Crippen molar-refractivity contribution in [3.8, 4) is 5.75 Å². The summed E-state index contributed by atoms with van der Waals surface area (Å²) in [4.78, 5) is 43.8. The van der Waals surface area contributed by atoms with Crippen LogP contribution in [0.5, 0.6) is 5.75 Å². The van der Waals surface area contributed by atoms with Crippen molar-refractivity contribution in [1.82, 2.24) is 0 Å². The predicted octanol–water partition coefficient (Wildman–Crippen LogP) is 2.72. The van der Waals surface area contributed by atoms with Crippen LogP contribution in [0.2, 0.25) is 0 Å². The van der Waals surface area contributed by atoms with E-state index >= 15 is 0 Å². The van der Waals surface area contributed by atoms with E-state index < -0.39 is 37.6 Å². The summed E-state index contributed by atoms with van der Waals surface area (Å²) in [6, 6.07) is 8.77. The Hall–Kier alpha value is -3.91. The SMILES string of the molecule is CC(C)(C)C(=O)CSC1=Nc2ccccc2[NH2+]1.O=[N+]([O-])c1cc([N+](=O)[O-])c([O-])c([N+](=O)[O-])c1. The van der Waals surface area contributed by atoms with Crippen LogP contribution in [0.3, 0.4) is 0 Å². The van der Waals surface area contributed by atoms with Gasteiger partial charge in [-0.15, -0.1) is 0 Å². The summed E-state index contributed by atoms with van der Waals surface area (Å²) in [6.07, 6.45) is 0. The maximum atomic E-state index is 11.8. The van der Waals surface area contributed by atoms with Crippen molar-refractivity contribution in [1.29, 1.82) is 0 Å². The summed E-state index contributed by atoms with van der Waals surface area (Å²) in [5, 5.41) is 45.1. The van der Waals surface area contributed by atoms with Gasteiger partial charge in [0, 0.05) is 11.5 Å². The molecule has 13 nitrogen and oxygen atoms in total. The van der Waals surface area contributed by atoms with Gasteiger partial charge in [0.1, 0.15) is 11.5 Å². The number of amidine groups is 1. The van der Waals surface area contributed by atoms with Crippen LogP contribution in [-0.4, -0.2) is 31.5 Å². The van der Waals surface area contributed by atoms with Gasteiger partial charge in [0.05, 0.1) is 38.4 Å². The quantitative estimate of drug-likeness (QED) is 0.382. The second kappa shape index (κ2) is 10.1. The van der Waals surface area contributed by atoms with E-state index in [0.29, 0.717) is 17.9 Å². The summed E-state index contributed by atoms with van der Waals surface area (Å²) in [7, 11) is 0. The predicted molar refractivity (Wildman–Crippen MR) is 118 cm³/mol. The van der Waals surface area contributed by atoms with Gasteiger partial charge in [-0.25, -0.2) is 0 Å². The highest BCUT2D eigenvalue weighted by Crippen LogP contribution is 2.36. The van der Waals surface area contributed by atoms with Gasteiger partial charge in [-0.05, 0) is 17.8 Å². The number of nitrogens with two attached hydrogens (primary N) is 1. The molecule has 0 bridgehead atoms. The number of benzene rings is 2. The lowest BCUT2D eigenvalue weighted by molar-refractivity contribution is -0.432. The third-order valence-electron chi connectivity index (χ3n) is 4.27. The molecule has 2 aromatic carbocycles. The first-order valence-corrected chi connectivity index (χ1v) is 10.3. The molecule has 0 radical (unpaired) electrons. The van der Waals surface area contributed by atoms with Gasteiger partial charge in [0.15, 0.2) is 5.69 Å². The first kappa shape index (κ1) is 25.4. The maximum absolute atomic E-state index is 11.8. The number of nitro benzene ring substituents is 3. The highest BCUT2D eigenvalue weighted by atomic mass is 32.2. The Morgan fingerprint density at radius 3 is 2.00 bits per heavy atom. The number of aliphatic imine (C=N–C) groups is 1. The Kier molecular flexibility index (Phi) is 7.79. The van der Waals surface area contributed by atoms with Gasteiger partial charge in [-0.3, -0.25) is 40.5 Å². The number of hydrogen-bond donors (Lipinski definition) is 1. The zero-order chi connectivity index (χ0) is 24.9. The first-order chi connectivity index (χ1) is 15.3. The molecule has 0 aromatic heterocycles. The third-order valence-corrected chi connectivity index (χ3v) is 5.18. The lowest BCUT2D eigenvalue weighted by Gasteiger charge is -2.15. The summed E-state index contributed by atoms with van der Waals surface area (Å²) < 4.78 is 0. The van der Waals surface area contributed by atoms with Crippen LogP contribution in [0, 0.1) is 35.8 Å². The van der Waals surface area contributed by atoms with E-state index in [0.717, 1.165) is 16.5 Å². The van der Waals surface area contributed by atoms with Crippen molar-refractivity contribution < 1.29 is 30.0 Å². The summed E-state index contributed by atoms with van der Waals surface area (Å²) in [5.41, 5.74) is -1.39. The average molecular weight is 477 g/mol. The molecule has 0 spiro atoms. The van der Waals surface area contributed by atoms with Crippen molar-refractivity contribution in [3.05, 3.63) is 66.7 Å². The summed E-state index contributed by atoms with van der Waals surface area (Å²) >= 11 is 1.52. The largest absolute Gasteiger partial charge is 0.863 e. The lowest BCUT2D eigenvalue weighted by atomic mass is 9.92. The number of nitro groups is 3. The topological polar surface area (TPSA) is 199 Å². The van der Waals surface area contributed by atoms with Crippen LogP contribution >= 0.6 is 11.8 Å². The number of thioether (sulfide) groups is 1. The van der Waals surface area contributed by atoms with Crippen LogP contribution in [-0.2, 0) is 4.79 Å². The molecule has 0 amide bonds. The molecule has 0 atom stereocenters. The van der Waals surface area contributed by atoms with E-state index in [1.165, 1.54) is 11.8 Å². The Morgan fingerprint density at radius 2 is 1.55 bits per heavy atom. The zero-order valence-corrected chi connectivity index (χ0v) is 18.5. The van der Waals surface area contributed by atoms with E-state index in [2.05, 4.69) is 4.99 Å². The van der Waals surface area contributed by atoms with Gasteiger partial charge >= 0.3 is 0 Å². The summed E-state index contributed by atoms with van der Waals surface area (Å²) in [5.74, 6) is -0.706. The molecule has 33 heavy (non-hydrogen) atoms. The molecule has 14 heteroatoms. The normalized spacial score (nSPS) is 12.2. The number of hydrogen-bond acceptors (Lipinski definition) is 10. The number of para-hydroxylation sites is 2. The number of nitrogens with zero attached hydrogens (tertiary/aromatic N) is 4. The second-order valence-corrected chi connectivity index (χ2v) is 8.70. The highest BCUT2D eigenvalue weighted by molar-refractivity contribution is 8.13. The van der Waals surface area contributed by atoms with Crippen molar-refractivity contribution in [2.75, 3.05) is 5.75 Å². The zero-order valence-electron chi connectivity index (χ0n) is 17.7. The molecule has 3 rings (SSSR count). The highest BCUT2D eigenvalue weighted by Gasteiger charge is 2.26. The molecule has 1 heterocycles. The van der Waals surface area contributed by atoms with E-state index in [1.807, 2.05) is 50.4 Å². The van der Waals surface area contributed by atoms with E-state index in [1.54, 1.807) is 0 Å². The number of fused-ring (bicyclic) bond motifs is 1. The van der Waals surface area contributed by atoms with E-state index in [9.17, 15) is 40.2 Å². The van der Waals surface area contributed by atoms with Crippen LogP contribution in [0.25, 0.3) is 0 Å². The molecular weight excluding hydrogens is 458 g/mol. The van der Waals surface area contributed by atoms with Gasteiger partial charge in [0.2, 0.25) is 0 Å². The molecule has 0 unspecified atom stereocenters. The number of carbonyl (C=O) groups excluding carboxylic acids is 1. The van der Waals surface area contributed by atoms with Crippen molar-refractivity contribution in [2.24, 2.45) is 10.4 Å².